The predicted octanol–water partition coefficient (Wildman–Crippen LogP) is 6.52. The molecular formula is C42H54N4O7S2. The first kappa shape index (κ1) is 47.7. The Morgan fingerprint density at radius 3 is 1.27 bits per heavy atom. The van der Waals surface area contributed by atoms with Crippen LogP contribution in [0.25, 0.3) is 0 Å². The fourth-order valence-corrected chi connectivity index (χ4v) is 5.75. The first-order chi connectivity index (χ1) is 25.9. The van der Waals surface area contributed by atoms with Gasteiger partial charge in [-0.3, -0.25) is 9.59 Å². The average Bonchev–Trinajstić information content (AvgIpc) is 3.19. The number of carbonyl (C=O) groups is 2. The number of aryl methyl sites for hydroxylation is 5. The summed E-state index contributed by atoms with van der Waals surface area (Å²) in [5.41, 5.74) is 6.93. The van der Waals surface area contributed by atoms with E-state index in [-0.39, 0.29) is 11.8 Å². The molecule has 0 atom stereocenters. The minimum Gasteiger partial charge on any atom is -0.497 e. The van der Waals surface area contributed by atoms with Gasteiger partial charge in [0, 0.05) is 25.2 Å². The quantitative estimate of drug-likeness (QED) is 0.146. The highest BCUT2D eigenvalue weighted by atomic mass is 32.2. The molecule has 0 unspecified atom stereocenters. The van der Waals surface area contributed by atoms with Crippen LogP contribution in [0.5, 0.6) is 5.75 Å². The van der Waals surface area contributed by atoms with Crippen LogP contribution in [0.3, 0.4) is 0 Å². The monoisotopic (exact) mass is 790 g/mol. The van der Waals surface area contributed by atoms with E-state index in [1.54, 1.807) is 69.7 Å². The number of rotatable bonds is 7. The molecule has 11 nitrogen and oxygen atoms in total. The van der Waals surface area contributed by atoms with Gasteiger partial charge < -0.3 is 15.4 Å². The Hall–Kier alpha value is -5.34. The van der Waals surface area contributed by atoms with Gasteiger partial charge in [0.25, 0.3) is 11.8 Å². The van der Waals surface area contributed by atoms with Gasteiger partial charge in [-0.1, -0.05) is 82.9 Å². The van der Waals surface area contributed by atoms with E-state index in [0.29, 0.717) is 20.9 Å². The van der Waals surface area contributed by atoms with E-state index in [1.807, 2.05) is 100 Å². The van der Waals surface area contributed by atoms with E-state index in [1.165, 1.54) is 19.7 Å². The lowest BCUT2D eigenvalue weighted by molar-refractivity contribution is 0.0955. The number of carbonyl (C=O) groups excluding carboxylic acids is 2. The molecule has 2 amide bonds. The van der Waals surface area contributed by atoms with E-state index in [2.05, 4.69) is 27.0 Å². The number of sulfonamides is 2. The van der Waals surface area contributed by atoms with Gasteiger partial charge in [0.1, 0.15) is 5.75 Å². The summed E-state index contributed by atoms with van der Waals surface area (Å²) in [6.45, 7) is 9.78. The third kappa shape index (κ3) is 18.0. The molecule has 5 aromatic carbocycles. The highest BCUT2D eigenvalue weighted by Gasteiger charge is 2.10. The van der Waals surface area contributed by atoms with E-state index in [4.69, 9.17) is 4.74 Å². The van der Waals surface area contributed by atoms with Crippen molar-refractivity contribution in [2.75, 3.05) is 35.3 Å². The van der Waals surface area contributed by atoms with Crippen molar-refractivity contribution < 1.29 is 31.2 Å². The van der Waals surface area contributed by atoms with Crippen molar-refractivity contribution in [3.8, 4) is 5.75 Å². The number of amides is 2. The minimum atomic E-state index is -3.27. The lowest BCUT2D eigenvalue weighted by Crippen LogP contribution is -2.18. The Morgan fingerprint density at radius 1 is 0.455 bits per heavy atom. The fraction of sp³-hybridized carbons (Fsp3) is 0.238. The van der Waals surface area contributed by atoms with Crippen molar-refractivity contribution in [3.63, 3.8) is 0 Å². The van der Waals surface area contributed by atoms with Gasteiger partial charge in [0.05, 0.1) is 16.9 Å². The van der Waals surface area contributed by atoms with Crippen molar-refractivity contribution in [1.82, 2.24) is 20.1 Å². The van der Waals surface area contributed by atoms with Gasteiger partial charge in [-0.25, -0.2) is 26.3 Å². The summed E-state index contributed by atoms with van der Waals surface area (Å²) in [5, 5.41) is 5.13. The lowest BCUT2D eigenvalue weighted by atomic mass is 10.1. The zero-order valence-electron chi connectivity index (χ0n) is 33.2. The topological polar surface area (TPSA) is 160 Å². The summed E-state index contributed by atoms with van der Waals surface area (Å²) in [5.74, 6) is 0.847. The predicted molar refractivity (Wildman–Crippen MR) is 222 cm³/mol. The molecule has 0 bridgehead atoms. The third-order valence-electron chi connectivity index (χ3n) is 7.47. The average molecular weight is 791 g/mol. The molecule has 13 heteroatoms. The molecule has 0 radical (unpaired) electrons. The van der Waals surface area contributed by atoms with Crippen molar-refractivity contribution >= 4 is 31.9 Å². The Bertz CT molecular complexity index is 2140. The molecule has 0 aliphatic rings. The maximum atomic E-state index is 11.2. The number of nitrogens with one attached hydrogen (secondary N) is 4. The van der Waals surface area contributed by atoms with Gasteiger partial charge in [0.2, 0.25) is 20.0 Å². The zero-order valence-corrected chi connectivity index (χ0v) is 34.9. The van der Waals surface area contributed by atoms with Crippen LogP contribution in [0.1, 0.15) is 48.5 Å². The maximum Gasteiger partial charge on any atom is 0.251 e. The molecule has 296 valence electrons. The second-order valence-corrected chi connectivity index (χ2v) is 15.7. The largest absolute Gasteiger partial charge is 0.497 e. The number of benzene rings is 5. The van der Waals surface area contributed by atoms with Gasteiger partial charge in [-0.15, -0.1) is 0 Å². The first-order valence-corrected chi connectivity index (χ1v) is 20.1. The number of hydrogen-bond donors (Lipinski definition) is 4. The van der Waals surface area contributed by atoms with Gasteiger partial charge >= 0.3 is 0 Å². The molecule has 5 aromatic rings. The van der Waals surface area contributed by atoms with Crippen molar-refractivity contribution in [2.45, 2.75) is 44.4 Å². The maximum absolute atomic E-state index is 11.2. The molecular weight excluding hydrogens is 737 g/mol. The lowest BCUT2D eigenvalue weighted by Gasteiger charge is -2.01. The van der Waals surface area contributed by atoms with Crippen molar-refractivity contribution in [3.05, 3.63) is 160 Å². The van der Waals surface area contributed by atoms with Gasteiger partial charge in [-0.05, 0) is 115 Å². The Morgan fingerprint density at radius 2 is 0.855 bits per heavy atom. The van der Waals surface area contributed by atoms with Crippen LogP contribution in [-0.2, 0) is 20.0 Å². The summed E-state index contributed by atoms with van der Waals surface area (Å²) in [6.07, 6.45) is 0. The number of ether oxygens (including phenoxy) is 1. The molecule has 55 heavy (non-hydrogen) atoms. The highest BCUT2D eigenvalue weighted by Crippen LogP contribution is 2.11. The minimum absolute atomic E-state index is 0.0336. The zero-order chi connectivity index (χ0) is 41.6. The van der Waals surface area contributed by atoms with Crippen LogP contribution in [0, 0.1) is 34.6 Å². The van der Waals surface area contributed by atoms with Crippen molar-refractivity contribution in [1.29, 1.82) is 0 Å². The standard InChI is InChI=1S/2C9H11NO.2C8H11NO2S.C8H10O/c1-7-3-5-8(6-4-7)9(11)10-2;1-7-4-3-5-8(6-7)9(11)10-2;1-7-3-5-8(6-4-7)12(10,11)9-2;1-7-4-3-5-8(6-7)12(10,11)9-2;1-7-3-5-8(9-2)6-4-7/h2*3-6H,1-2H3,(H,10,11);2*3-6,9H,1-2H3;3-6H,1-2H3. The number of methoxy groups -OCH3 is 1. The second-order valence-electron chi connectivity index (χ2n) is 12.0. The SMILES string of the molecule is CNC(=O)c1ccc(C)cc1.CNC(=O)c1cccc(C)c1.CNS(=O)(=O)c1ccc(C)cc1.CNS(=O)(=O)c1cccc(C)c1.COc1ccc(C)cc1. The normalized spacial score (nSPS) is 10.2. The molecule has 0 aliphatic carbocycles. The molecule has 0 fully saturated rings. The third-order valence-corrected chi connectivity index (χ3v) is 10.3. The Balaban J connectivity index is 0.000000345. The molecule has 0 aliphatic heterocycles. The van der Waals surface area contributed by atoms with E-state index in [9.17, 15) is 26.4 Å². The molecule has 0 spiro atoms. The summed E-state index contributed by atoms with van der Waals surface area (Å²) in [6, 6.07) is 36.4. The molecule has 0 saturated heterocycles. The Labute approximate surface area is 327 Å². The van der Waals surface area contributed by atoms with Crippen LogP contribution in [0.2, 0.25) is 0 Å². The van der Waals surface area contributed by atoms with Crippen molar-refractivity contribution in [2.24, 2.45) is 0 Å². The first-order valence-electron chi connectivity index (χ1n) is 17.1. The molecule has 4 N–H and O–H groups in total. The van der Waals surface area contributed by atoms with E-state index in [0.717, 1.165) is 28.0 Å². The smallest absolute Gasteiger partial charge is 0.251 e. The van der Waals surface area contributed by atoms with Crippen LogP contribution in [-0.4, -0.2) is 64.0 Å². The number of hydrogen-bond acceptors (Lipinski definition) is 7. The Kier molecular flexibility index (Phi) is 20.9. The highest BCUT2D eigenvalue weighted by molar-refractivity contribution is 7.89. The van der Waals surface area contributed by atoms with Crippen LogP contribution >= 0.6 is 0 Å². The summed E-state index contributed by atoms with van der Waals surface area (Å²) in [4.78, 5) is 22.7. The van der Waals surface area contributed by atoms with Crippen LogP contribution in [0.4, 0.5) is 0 Å². The fourth-order valence-electron chi connectivity index (χ4n) is 4.19. The summed E-state index contributed by atoms with van der Waals surface area (Å²) >= 11 is 0. The molecule has 0 saturated carbocycles. The van der Waals surface area contributed by atoms with Gasteiger partial charge in [0.15, 0.2) is 0 Å². The van der Waals surface area contributed by atoms with Crippen LogP contribution < -0.4 is 24.8 Å². The second kappa shape index (κ2) is 24.1. The molecule has 0 heterocycles. The van der Waals surface area contributed by atoms with Gasteiger partial charge in [-0.2, -0.15) is 0 Å². The van der Waals surface area contributed by atoms with Crippen LogP contribution in [0.15, 0.2) is 131 Å². The summed E-state index contributed by atoms with van der Waals surface area (Å²) in [7, 11) is 1.19. The van der Waals surface area contributed by atoms with E-state index < -0.39 is 20.0 Å². The van der Waals surface area contributed by atoms with E-state index >= 15 is 0 Å². The molecule has 0 aromatic heterocycles. The molecule has 5 rings (SSSR count). The summed E-state index contributed by atoms with van der Waals surface area (Å²) < 4.78 is 54.4.